The molecule has 0 unspecified atom stereocenters. The number of hydrogen-bond acceptors (Lipinski definition) is 6. The van der Waals surface area contributed by atoms with Gasteiger partial charge in [-0.1, -0.05) is 41.6 Å². The number of fused-ring (bicyclic) bond motifs is 2. The molecule has 2 aromatic rings. The van der Waals surface area contributed by atoms with E-state index in [0.717, 1.165) is 11.4 Å². The van der Waals surface area contributed by atoms with Crippen molar-refractivity contribution in [2.75, 3.05) is 11.4 Å². The van der Waals surface area contributed by atoms with Crippen LogP contribution in [0.15, 0.2) is 58.3 Å². The largest absolute Gasteiger partial charge is 0.356 e. The number of hydrazine groups is 1. The molecule has 0 aromatic heterocycles. The van der Waals surface area contributed by atoms with E-state index in [4.69, 9.17) is 5.84 Å². The van der Waals surface area contributed by atoms with E-state index in [0.29, 0.717) is 6.54 Å². The van der Waals surface area contributed by atoms with E-state index in [-0.39, 0.29) is 12.4 Å². The Bertz CT molecular complexity index is 617. The molecule has 1 aliphatic heterocycles. The first-order chi connectivity index (χ1) is 10.3. The molecule has 0 atom stereocenters. The van der Waals surface area contributed by atoms with Crippen molar-refractivity contribution in [3.05, 3.63) is 48.5 Å². The highest BCUT2D eigenvalue weighted by molar-refractivity contribution is 7.99. The van der Waals surface area contributed by atoms with Crippen LogP contribution >= 0.6 is 11.8 Å². The van der Waals surface area contributed by atoms with Crippen LogP contribution in [0.3, 0.4) is 0 Å². The Balaban J connectivity index is 1.89. The predicted molar refractivity (Wildman–Crippen MR) is 82.0 cm³/mol. The van der Waals surface area contributed by atoms with E-state index in [1.54, 1.807) is 11.8 Å². The molecule has 0 amide bonds. The van der Waals surface area contributed by atoms with Gasteiger partial charge in [0.15, 0.2) is 0 Å². The quantitative estimate of drug-likeness (QED) is 0.668. The number of nitrogens with two attached hydrogens (primary N) is 1. The van der Waals surface area contributed by atoms with E-state index in [1.807, 2.05) is 29.9 Å². The molecule has 3 rings (SSSR count). The standard InChI is InChI=1S/C15H15N3O2S/c16-17-20-15(19)9-10-18-11-5-1-3-7-13(11)21-14-8-4-2-6-12(14)18/h1-8,17H,9-10,16H2. The van der Waals surface area contributed by atoms with Gasteiger partial charge in [0.25, 0.3) is 0 Å². The molecule has 0 radical (unpaired) electrons. The first-order valence-electron chi connectivity index (χ1n) is 6.58. The molecule has 0 saturated heterocycles. The number of nitrogens with zero attached hydrogens (tertiary/aromatic N) is 1. The normalized spacial score (nSPS) is 12.5. The third-order valence-electron chi connectivity index (χ3n) is 3.24. The Morgan fingerprint density at radius 2 is 1.67 bits per heavy atom. The van der Waals surface area contributed by atoms with Gasteiger partial charge in [-0.15, -0.1) is 0 Å². The molecular weight excluding hydrogens is 286 g/mol. The Morgan fingerprint density at radius 3 is 2.24 bits per heavy atom. The number of nitrogens with one attached hydrogen (secondary N) is 1. The van der Waals surface area contributed by atoms with Crippen LogP contribution in [0.1, 0.15) is 6.42 Å². The molecule has 3 N–H and O–H groups in total. The molecule has 1 heterocycles. The van der Waals surface area contributed by atoms with Crippen LogP contribution in [-0.4, -0.2) is 12.5 Å². The maximum atomic E-state index is 11.5. The van der Waals surface area contributed by atoms with Gasteiger partial charge in [-0.25, -0.2) is 5.84 Å². The smallest absolute Gasteiger partial charge is 0.328 e. The van der Waals surface area contributed by atoms with E-state index in [1.165, 1.54) is 9.79 Å². The van der Waals surface area contributed by atoms with Crippen molar-refractivity contribution in [3.8, 4) is 0 Å². The fourth-order valence-corrected chi connectivity index (χ4v) is 3.44. The summed E-state index contributed by atoms with van der Waals surface area (Å²) < 4.78 is 0. The highest BCUT2D eigenvalue weighted by Gasteiger charge is 2.23. The summed E-state index contributed by atoms with van der Waals surface area (Å²) in [5, 5.41) is 0. The van der Waals surface area contributed by atoms with Crippen LogP contribution in [0, 0.1) is 0 Å². The zero-order valence-electron chi connectivity index (χ0n) is 11.3. The zero-order valence-corrected chi connectivity index (χ0v) is 12.1. The second-order valence-electron chi connectivity index (χ2n) is 4.53. The molecule has 0 aliphatic carbocycles. The summed E-state index contributed by atoms with van der Waals surface area (Å²) in [6, 6.07) is 16.3. The Morgan fingerprint density at radius 1 is 1.10 bits per heavy atom. The lowest BCUT2D eigenvalue weighted by Gasteiger charge is -2.32. The Kier molecular flexibility index (Phi) is 4.10. The Hall–Kier alpha value is -2.02. The minimum atomic E-state index is -0.384. The summed E-state index contributed by atoms with van der Waals surface area (Å²) in [4.78, 5) is 20.6. The van der Waals surface area contributed by atoms with Crippen molar-refractivity contribution in [1.82, 2.24) is 5.59 Å². The van der Waals surface area contributed by atoms with Crippen molar-refractivity contribution in [2.45, 2.75) is 16.2 Å². The first kappa shape index (κ1) is 13.9. The average molecular weight is 301 g/mol. The lowest BCUT2D eigenvalue weighted by Crippen LogP contribution is -2.29. The second-order valence-corrected chi connectivity index (χ2v) is 5.61. The lowest BCUT2D eigenvalue weighted by atomic mass is 10.2. The summed E-state index contributed by atoms with van der Waals surface area (Å²) >= 11 is 1.74. The van der Waals surface area contributed by atoms with Crippen LogP contribution < -0.4 is 16.3 Å². The molecule has 6 heteroatoms. The van der Waals surface area contributed by atoms with Gasteiger partial charge in [-0.3, -0.25) is 4.79 Å². The van der Waals surface area contributed by atoms with Crippen LogP contribution in [0.25, 0.3) is 0 Å². The predicted octanol–water partition coefficient (Wildman–Crippen LogP) is 2.60. The van der Waals surface area contributed by atoms with Crippen molar-refractivity contribution >= 4 is 29.1 Å². The number of hydrogen-bond donors (Lipinski definition) is 2. The number of rotatable bonds is 4. The fraction of sp³-hybridized carbons (Fsp3) is 0.133. The van der Waals surface area contributed by atoms with Gasteiger partial charge in [-0.05, 0) is 24.3 Å². The first-order valence-corrected chi connectivity index (χ1v) is 7.40. The zero-order chi connectivity index (χ0) is 14.7. The molecular formula is C15H15N3O2S. The SMILES string of the molecule is NNOC(=O)CCN1c2ccccc2Sc2ccccc21. The summed E-state index contributed by atoms with van der Waals surface area (Å²) in [5.74, 6) is 4.60. The number of benzene rings is 2. The number of anilines is 2. The molecule has 0 spiro atoms. The number of carbonyl (C=O) groups is 1. The van der Waals surface area contributed by atoms with Gasteiger partial charge < -0.3 is 9.74 Å². The maximum Gasteiger partial charge on any atom is 0.328 e. The monoisotopic (exact) mass is 301 g/mol. The summed E-state index contributed by atoms with van der Waals surface area (Å²) in [6.07, 6.45) is 0.248. The average Bonchev–Trinajstić information content (AvgIpc) is 2.51. The molecule has 5 nitrogen and oxygen atoms in total. The second kappa shape index (κ2) is 6.17. The van der Waals surface area contributed by atoms with E-state index in [9.17, 15) is 4.79 Å². The van der Waals surface area contributed by atoms with Crippen molar-refractivity contribution in [1.29, 1.82) is 0 Å². The van der Waals surface area contributed by atoms with E-state index >= 15 is 0 Å². The van der Waals surface area contributed by atoms with Gasteiger partial charge in [0, 0.05) is 16.3 Å². The highest BCUT2D eigenvalue weighted by Crippen LogP contribution is 2.47. The third kappa shape index (κ3) is 2.87. The number of para-hydroxylation sites is 2. The fourth-order valence-electron chi connectivity index (χ4n) is 2.34. The van der Waals surface area contributed by atoms with Crippen LogP contribution in [-0.2, 0) is 9.63 Å². The van der Waals surface area contributed by atoms with Crippen molar-refractivity contribution < 1.29 is 9.63 Å². The molecule has 0 bridgehead atoms. The minimum Gasteiger partial charge on any atom is -0.356 e. The van der Waals surface area contributed by atoms with Gasteiger partial charge in [-0.2, -0.15) is 0 Å². The van der Waals surface area contributed by atoms with Crippen molar-refractivity contribution in [2.24, 2.45) is 5.84 Å². The van der Waals surface area contributed by atoms with Crippen LogP contribution in [0.5, 0.6) is 0 Å². The highest BCUT2D eigenvalue weighted by atomic mass is 32.2. The van der Waals surface area contributed by atoms with Gasteiger partial charge in [0.1, 0.15) is 0 Å². The maximum absolute atomic E-state index is 11.5. The van der Waals surface area contributed by atoms with Gasteiger partial charge in [0.05, 0.1) is 17.8 Å². The minimum absolute atomic E-state index is 0.248. The molecule has 2 aromatic carbocycles. The molecule has 0 saturated carbocycles. The molecule has 1 aliphatic rings. The summed E-state index contributed by atoms with van der Waals surface area (Å²) in [7, 11) is 0. The third-order valence-corrected chi connectivity index (χ3v) is 4.37. The number of carbonyl (C=O) groups excluding carboxylic acids is 1. The molecule has 108 valence electrons. The summed E-state index contributed by atoms with van der Waals surface area (Å²) in [5.41, 5.74) is 4.13. The van der Waals surface area contributed by atoms with Gasteiger partial charge >= 0.3 is 5.97 Å². The topological polar surface area (TPSA) is 67.6 Å². The van der Waals surface area contributed by atoms with Crippen LogP contribution in [0.2, 0.25) is 0 Å². The lowest BCUT2D eigenvalue weighted by molar-refractivity contribution is -0.150. The van der Waals surface area contributed by atoms with Gasteiger partial charge in [0.2, 0.25) is 0 Å². The summed E-state index contributed by atoms with van der Waals surface area (Å²) in [6.45, 7) is 0.537. The van der Waals surface area contributed by atoms with Crippen LogP contribution in [0.4, 0.5) is 11.4 Å². The Labute approximate surface area is 127 Å². The van der Waals surface area contributed by atoms with Crippen molar-refractivity contribution in [3.63, 3.8) is 0 Å². The van der Waals surface area contributed by atoms with E-state index in [2.05, 4.69) is 34.0 Å². The van der Waals surface area contributed by atoms with E-state index < -0.39 is 0 Å². The molecule has 21 heavy (non-hydrogen) atoms. The molecule has 0 fully saturated rings.